The fraction of sp³-hybridized carbons (Fsp3) is 0.250. The van der Waals surface area contributed by atoms with Crippen molar-refractivity contribution < 1.29 is 13.9 Å². The van der Waals surface area contributed by atoms with Crippen molar-refractivity contribution >= 4 is 46.5 Å². The quantitative estimate of drug-likeness (QED) is 0.581. The monoisotopic (exact) mass is 223 g/mol. The van der Waals surface area contributed by atoms with Gasteiger partial charge in [-0.15, -0.1) is 0 Å². The summed E-state index contributed by atoms with van der Waals surface area (Å²) in [6, 6.07) is 6.52. The number of aliphatic hydroxyl groups excluding tert-OH is 1. The van der Waals surface area contributed by atoms with Crippen LogP contribution < -0.4 is 4.72 Å². The summed E-state index contributed by atoms with van der Waals surface area (Å²) >= 11 is -2.30. The van der Waals surface area contributed by atoms with Crippen LogP contribution in [0, 0.1) is 0 Å². The molecule has 0 bridgehead atoms. The zero-order valence-electron chi connectivity index (χ0n) is 8.06. The summed E-state index contributed by atoms with van der Waals surface area (Å²) in [4.78, 5) is 0. The number of hydrogen-bond donors (Lipinski definition) is 2. The first kappa shape index (κ1) is 14.1. The van der Waals surface area contributed by atoms with Gasteiger partial charge in [-0.1, -0.05) is 12.1 Å². The molecule has 0 spiro atoms. The summed E-state index contributed by atoms with van der Waals surface area (Å²) in [7, 11) is 0. The average molecular weight is 223 g/mol. The molecule has 6 heteroatoms. The Hall–Kier alpha value is 0.0900. The van der Waals surface area contributed by atoms with E-state index in [-0.39, 0.29) is 29.6 Å². The Morgan fingerprint density at radius 3 is 2.29 bits per heavy atom. The minimum absolute atomic E-state index is 0. The van der Waals surface area contributed by atoms with Gasteiger partial charge in [0.05, 0.1) is 6.10 Å². The SMILES string of the molecule is CC(O)c1ccc(NS(=O)[O-])cc1.[Na]. The molecular formula is C8H10NNaO3S-. The van der Waals surface area contributed by atoms with Gasteiger partial charge in [0.25, 0.3) is 0 Å². The molecule has 0 heterocycles. The van der Waals surface area contributed by atoms with Gasteiger partial charge in [-0.2, -0.15) is 0 Å². The maximum atomic E-state index is 10.2. The first-order valence-corrected chi connectivity index (χ1v) is 4.81. The third kappa shape index (κ3) is 4.54. The van der Waals surface area contributed by atoms with Crippen molar-refractivity contribution in [2.75, 3.05) is 4.72 Å². The molecular weight excluding hydrogens is 213 g/mol. The first-order valence-electron chi connectivity index (χ1n) is 3.73. The summed E-state index contributed by atoms with van der Waals surface area (Å²) in [5, 5.41) is 9.15. The van der Waals surface area contributed by atoms with E-state index in [1.807, 2.05) is 0 Å². The van der Waals surface area contributed by atoms with Crippen molar-refractivity contribution in [3.63, 3.8) is 0 Å². The summed E-state index contributed by atoms with van der Waals surface area (Å²) in [6.45, 7) is 1.65. The molecule has 1 radical (unpaired) electrons. The number of anilines is 1. The zero-order chi connectivity index (χ0) is 9.84. The molecule has 2 unspecified atom stereocenters. The fourth-order valence-corrected chi connectivity index (χ4v) is 1.25. The van der Waals surface area contributed by atoms with Crippen LogP contribution in [0.3, 0.4) is 0 Å². The Bertz CT molecular complexity index is 302. The standard InChI is InChI=1S/C8H11NO3S.Na/c1-6(10)7-2-4-8(5-3-7)9-13(11)12;/h2-6,9-10H,1H3,(H,11,12);/p-1. The average Bonchev–Trinajstić information content (AvgIpc) is 2.04. The number of aliphatic hydroxyl groups is 1. The molecule has 0 saturated heterocycles. The Morgan fingerprint density at radius 2 is 1.93 bits per heavy atom. The van der Waals surface area contributed by atoms with Crippen molar-refractivity contribution in [1.29, 1.82) is 0 Å². The normalized spacial score (nSPS) is 13.9. The van der Waals surface area contributed by atoms with Gasteiger partial charge in [0.1, 0.15) is 0 Å². The van der Waals surface area contributed by atoms with Gasteiger partial charge in [-0.3, -0.25) is 4.21 Å². The predicted octanol–water partition coefficient (Wildman–Crippen LogP) is 0.565. The topological polar surface area (TPSA) is 72.4 Å². The van der Waals surface area contributed by atoms with Gasteiger partial charge in [-0.25, -0.2) is 0 Å². The molecule has 0 aromatic heterocycles. The molecule has 0 aliphatic carbocycles. The maximum Gasteiger partial charge on any atom is 0.0761 e. The summed E-state index contributed by atoms with van der Waals surface area (Å²) in [5.74, 6) is 0. The van der Waals surface area contributed by atoms with Gasteiger partial charge in [0, 0.05) is 46.5 Å². The summed E-state index contributed by atoms with van der Waals surface area (Å²) < 4.78 is 22.7. The van der Waals surface area contributed by atoms with Crippen LogP contribution in [0.15, 0.2) is 24.3 Å². The van der Waals surface area contributed by atoms with E-state index in [0.29, 0.717) is 5.69 Å². The second kappa shape index (κ2) is 6.55. The van der Waals surface area contributed by atoms with Gasteiger partial charge in [0.15, 0.2) is 0 Å². The van der Waals surface area contributed by atoms with Crippen LogP contribution in [-0.4, -0.2) is 43.4 Å². The Balaban J connectivity index is 0.00000169. The van der Waals surface area contributed by atoms with E-state index in [0.717, 1.165) is 5.56 Å². The third-order valence-corrected chi connectivity index (χ3v) is 2.00. The van der Waals surface area contributed by atoms with Gasteiger partial charge in [0.2, 0.25) is 0 Å². The number of benzene rings is 1. The first-order chi connectivity index (χ1) is 6.09. The van der Waals surface area contributed by atoms with Crippen LogP contribution in [0.4, 0.5) is 5.69 Å². The second-order valence-corrected chi connectivity index (χ2v) is 3.31. The van der Waals surface area contributed by atoms with Crippen molar-refractivity contribution in [2.45, 2.75) is 13.0 Å². The number of hydrogen-bond acceptors (Lipinski definition) is 3. The van der Waals surface area contributed by atoms with Crippen molar-refractivity contribution in [2.24, 2.45) is 0 Å². The van der Waals surface area contributed by atoms with E-state index in [2.05, 4.69) is 4.72 Å². The summed E-state index contributed by atoms with van der Waals surface area (Å²) in [6.07, 6.45) is -0.535. The van der Waals surface area contributed by atoms with E-state index in [9.17, 15) is 8.76 Å². The molecule has 2 N–H and O–H groups in total. The smallest absolute Gasteiger partial charge is 0.0761 e. The summed E-state index contributed by atoms with van der Waals surface area (Å²) in [5.41, 5.74) is 1.24. The molecule has 0 fully saturated rings. The van der Waals surface area contributed by atoms with Gasteiger partial charge < -0.3 is 14.4 Å². The molecule has 1 aromatic rings. The van der Waals surface area contributed by atoms with E-state index in [1.165, 1.54) is 0 Å². The Labute approximate surface area is 107 Å². The largest absolute Gasteiger partial charge is 0.755 e. The molecule has 0 aliphatic heterocycles. The zero-order valence-corrected chi connectivity index (χ0v) is 10.9. The Kier molecular flexibility index (Phi) is 6.59. The van der Waals surface area contributed by atoms with Crippen molar-refractivity contribution in [3.8, 4) is 0 Å². The van der Waals surface area contributed by atoms with Crippen LogP contribution in [0.1, 0.15) is 18.6 Å². The minimum atomic E-state index is -2.30. The van der Waals surface area contributed by atoms with Crippen LogP contribution >= 0.6 is 0 Å². The van der Waals surface area contributed by atoms with Crippen molar-refractivity contribution in [1.82, 2.24) is 0 Å². The van der Waals surface area contributed by atoms with Gasteiger partial charge in [-0.05, 0) is 24.6 Å². The molecule has 1 rings (SSSR count). The van der Waals surface area contributed by atoms with Crippen molar-refractivity contribution in [3.05, 3.63) is 29.8 Å². The fourth-order valence-electron chi connectivity index (χ4n) is 0.926. The Morgan fingerprint density at radius 1 is 1.43 bits per heavy atom. The molecule has 0 saturated carbocycles. The third-order valence-electron chi connectivity index (χ3n) is 1.59. The molecule has 2 atom stereocenters. The van der Waals surface area contributed by atoms with E-state index in [4.69, 9.17) is 5.11 Å². The van der Waals surface area contributed by atoms with Crippen LogP contribution in [0.5, 0.6) is 0 Å². The molecule has 1 aromatic carbocycles. The molecule has 0 aliphatic rings. The van der Waals surface area contributed by atoms with Crippen LogP contribution in [-0.2, 0) is 11.3 Å². The molecule has 73 valence electrons. The second-order valence-electron chi connectivity index (χ2n) is 2.63. The maximum absolute atomic E-state index is 10.2. The number of rotatable bonds is 3. The van der Waals surface area contributed by atoms with E-state index in [1.54, 1.807) is 31.2 Å². The van der Waals surface area contributed by atoms with Crippen LogP contribution in [0.2, 0.25) is 0 Å². The van der Waals surface area contributed by atoms with Crippen LogP contribution in [0.25, 0.3) is 0 Å². The van der Waals surface area contributed by atoms with Gasteiger partial charge >= 0.3 is 0 Å². The predicted molar refractivity (Wildman–Crippen MR) is 55.4 cm³/mol. The van der Waals surface area contributed by atoms with E-state index >= 15 is 0 Å². The minimum Gasteiger partial charge on any atom is -0.755 e. The number of nitrogens with one attached hydrogen (secondary N) is 1. The molecule has 0 amide bonds. The molecule has 4 nitrogen and oxygen atoms in total. The van der Waals surface area contributed by atoms with E-state index < -0.39 is 17.4 Å². The molecule has 14 heavy (non-hydrogen) atoms.